The molecule has 0 fully saturated rings. The quantitative estimate of drug-likeness (QED) is 0.174. The SMILES string of the molecule is CC=C=C(/C(=C(\OI)c1ccc(F)cc1F)C(O)c1cccnc1)c1ccsc1. The molecule has 3 rings (SSSR count). The molecule has 148 valence electrons. The maximum atomic E-state index is 14.6. The van der Waals surface area contributed by atoms with Gasteiger partial charge in [0.1, 0.15) is 17.7 Å². The van der Waals surface area contributed by atoms with E-state index in [9.17, 15) is 13.9 Å². The van der Waals surface area contributed by atoms with Crippen LogP contribution in [0.2, 0.25) is 0 Å². The molecule has 3 nitrogen and oxygen atoms in total. The predicted molar refractivity (Wildman–Crippen MR) is 119 cm³/mol. The average Bonchev–Trinajstić information content (AvgIpc) is 3.26. The van der Waals surface area contributed by atoms with Gasteiger partial charge in [0.15, 0.2) is 28.8 Å². The molecular formula is C22H16F2INO2S. The molecule has 1 aromatic carbocycles. The molecule has 1 N–H and O–H groups in total. The standard InChI is InChI=1S/C22H16F2INO2S/c1-2-4-17(15-8-10-29-13-15)20(21(27)14-5-3-9-26-12-14)22(28-25)18-7-6-16(23)11-19(18)24/h2-3,5-13,21,27H,1H3/b22-20+. The van der Waals surface area contributed by atoms with E-state index in [1.807, 2.05) is 16.8 Å². The number of benzene rings is 1. The Bertz CT molecular complexity index is 1080. The molecule has 1 atom stereocenters. The normalized spacial score (nSPS) is 12.6. The fourth-order valence-corrected chi connectivity index (χ4v) is 3.97. The van der Waals surface area contributed by atoms with Gasteiger partial charge >= 0.3 is 0 Å². The number of nitrogens with zero attached hydrogens (tertiary/aromatic N) is 1. The van der Waals surface area contributed by atoms with Gasteiger partial charge in [-0.25, -0.2) is 8.78 Å². The third-order valence-corrected chi connectivity index (χ3v) is 5.26. The highest BCUT2D eigenvalue weighted by molar-refractivity contribution is 14.1. The van der Waals surface area contributed by atoms with Crippen LogP contribution < -0.4 is 0 Å². The summed E-state index contributed by atoms with van der Waals surface area (Å²) in [5.41, 5.74) is 5.30. The van der Waals surface area contributed by atoms with E-state index >= 15 is 0 Å². The summed E-state index contributed by atoms with van der Waals surface area (Å²) in [6, 6.07) is 8.50. The number of rotatable bonds is 6. The van der Waals surface area contributed by atoms with Crippen LogP contribution in [0.5, 0.6) is 0 Å². The maximum Gasteiger partial charge on any atom is 0.192 e. The Morgan fingerprint density at radius 3 is 2.72 bits per heavy atom. The van der Waals surface area contributed by atoms with Crippen molar-refractivity contribution in [2.24, 2.45) is 0 Å². The fourth-order valence-electron chi connectivity index (χ4n) is 2.85. The van der Waals surface area contributed by atoms with E-state index in [1.54, 1.807) is 54.3 Å². The van der Waals surface area contributed by atoms with Crippen molar-refractivity contribution in [1.82, 2.24) is 4.98 Å². The predicted octanol–water partition coefficient (Wildman–Crippen LogP) is 6.49. The summed E-state index contributed by atoms with van der Waals surface area (Å²) < 4.78 is 33.6. The summed E-state index contributed by atoms with van der Waals surface area (Å²) in [5, 5.41) is 15.0. The summed E-state index contributed by atoms with van der Waals surface area (Å²) in [6.45, 7) is 1.80. The highest BCUT2D eigenvalue weighted by atomic mass is 127. The third kappa shape index (κ3) is 4.82. The number of aliphatic hydroxyl groups excluding tert-OH is 1. The Morgan fingerprint density at radius 2 is 2.14 bits per heavy atom. The summed E-state index contributed by atoms with van der Waals surface area (Å²) in [7, 11) is 0. The minimum atomic E-state index is -1.18. The summed E-state index contributed by atoms with van der Waals surface area (Å²) in [6.07, 6.45) is 3.64. The lowest BCUT2D eigenvalue weighted by Gasteiger charge is -2.20. The molecular weight excluding hydrogens is 507 g/mol. The van der Waals surface area contributed by atoms with E-state index in [0.717, 1.165) is 17.7 Å². The van der Waals surface area contributed by atoms with Gasteiger partial charge in [0, 0.05) is 40.7 Å². The number of aliphatic hydroxyl groups is 1. The monoisotopic (exact) mass is 523 g/mol. The second-order valence-corrected chi connectivity index (χ2v) is 7.17. The molecule has 2 heterocycles. The minimum Gasteiger partial charge on any atom is -0.426 e. The van der Waals surface area contributed by atoms with Gasteiger partial charge in [0.2, 0.25) is 0 Å². The molecule has 3 aromatic rings. The molecule has 0 spiro atoms. The van der Waals surface area contributed by atoms with Gasteiger partial charge in [-0.3, -0.25) is 4.98 Å². The lowest BCUT2D eigenvalue weighted by Crippen LogP contribution is -2.08. The first-order valence-corrected chi connectivity index (χ1v) is 10.4. The average molecular weight is 523 g/mol. The van der Waals surface area contributed by atoms with Crippen molar-refractivity contribution in [2.45, 2.75) is 13.0 Å². The van der Waals surface area contributed by atoms with Crippen molar-refractivity contribution >= 4 is 45.7 Å². The van der Waals surface area contributed by atoms with Crippen molar-refractivity contribution in [3.8, 4) is 0 Å². The first kappa shape index (κ1) is 21.4. The van der Waals surface area contributed by atoms with Gasteiger partial charge in [-0.1, -0.05) is 6.07 Å². The number of aromatic nitrogens is 1. The summed E-state index contributed by atoms with van der Waals surface area (Å²) >= 11 is 3.11. The molecule has 0 radical (unpaired) electrons. The van der Waals surface area contributed by atoms with Crippen LogP contribution in [0.25, 0.3) is 11.3 Å². The van der Waals surface area contributed by atoms with Crippen molar-refractivity contribution < 1.29 is 17.0 Å². The largest absolute Gasteiger partial charge is 0.426 e. The van der Waals surface area contributed by atoms with Gasteiger partial charge in [-0.05, 0) is 48.0 Å². The topological polar surface area (TPSA) is 42.4 Å². The zero-order chi connectivity index (χ0) is 20.8. The molecule has 2 aromatic heterocycles. The summed E-state index contributed by atoms with van der Waals surface area (Å²) in [5.74, 6) is -1.41. The van der Waals surface area contributed by atoms with Crippen LogP contribution in [0.1, 0.15) is 29.7 Å². The second-order valence-electron chi connectivity index (χ2n) is 5.95. The Kier molecular flexibility index (Phi) is 7.33. The van der Waals surface area contributed by atoms with Crippen molar-refractivity contribution in [1.29, 1.82) is 0 Å². The molecule has 0 aliphatic rings. The van der Waals surface area contributed by atoms with E-state index in [4.69, 9.17) is 3.07 Å². The lowest BCUT2D eigenvalue weighted by molar-refractivity contribution is 0.219. The van der Waals surface area contributed by atoms with E-state index in [1.165, 1.54) is 23.6 Å². The molecule has 0 saturated carbocycles. The highest BCUT2D eigenvalue weighted by Gasteiger charge is 2.27. The second kappa shape index (κ2) is 9.93. The minimum absolute atomic E-state index is 0.0318. The number of hydrogen-bond donors (Lipinski definition) is 1. The van der Waals surface area contributed by atoms with Crippen LogP contribution in [0.3, 0.4) is 0 Å². The van der Waals surface area contributed by atoms with Crippen molar-refractivity contribution in [2.75, 3.05) is 0 Å². The van der Waals surface area contributed by atoms with Crippen LogP contribution >= 0.6 is 34.3 Å². The van der Waals surface area contributed by atoms with Crippen LogP contribution in [-0.2, 0) is 3.07 Å². The molecule has 7 heteroatoms. The zero-order valence-electron chi connectivity index (χ0n) is 15.3. The molecule has 0 aliphatic carbocycles. The molecule has 0 bridgehead atoms. The van der Waals surface area contributed by atoms with Crippen LogP contribution in [0.4, 0.5) is 8.78 Å². The van der Waals surface area contributed by atoms with Crippen molar-refractivity contribution in [3.05, 3.63) is 105 Å². The van der Waals surface area contributed by atoms with E-state index < -0.39 is 17.7 Å². The Balaban J connectivity index is 2.34. The smallest absolute Gasteiger partial charge is 0.192 e. The number of thiophene rings is 1. The van der Waals surface area contributed by atoms with Crippen LogP contribution in [-0.4, -0.2) is 10.1 Å². The number of hydrogen-bond acceptors (Lipinski definition) is 4. The van der Waals surface area contributed by atoms with Gasteiger partial charge in [0.25, 0.3) is 0 Å². The molecule has 29 heavy (non-hydrogen) atoms. The Labute approximate surface area is 185 Å². The van der Waals surface area contributed by atoms with Crippen LogP contribution in [0, 0.1) is 11.6 Å². The number of halogens is 3. The van der Waals surface area contributed by atoms with Gasteiger partial charge in [-0.15, -0.1) is 5.73 Å². The zero-order valence-corrected chi connectivity index (χ0v) is 18.2. The van der Waals surface area contributed by atoms with Gasteiger partial charge < -0.3 is 8.17 Å². The molecule has 1 unspecified atom stereocenters. The summed E-state index contributed by atoms with van der Waals surface area (Å²) in [4.78, 5) is 4.06. The van der Waals surface area contributed by atoms with E-state index in [-0.39, 0.29) is 11.3 Å². The fraction of sp³-hybridized carbons (Fsp3) is 0.0909. The lowest BCUT2D eigenvalue weighted by atomic mass is 9.90. The molecule has 0 amide bonds. The number of pyridine rings is 1. The maximum absolute atomic E-state index is 14.6. The van der Waals surface area contributed by atoms with Crippen molar-refractivity contribution in [3.63, 3.8) is 0 Å². The Hall–Kier alpha value is -2.32. The highest BCUT2D eigenvalue weighted by Crippen LogP contribution is 2.40. The van der Waals surface area contributed by atoms with Gasteiger partial charge in [-0.2, -0.15) is 11.3 Å². The molecule has 0 aliphatic heterocycles. The first-order chi connectivity index (χ1) is 14.1. The van der Waals surface area contributed by atoms with Gasteiger partial charge in [0.05, 0.1) is 5.56 Å². The van der Waals surface area contributed by atoms with E-state index in [0.29, 0.717) is 16.7 Å². The Morgan fingerprint density at radius 1 is 1.31 bits per heavy atom. The molecule has 0 saturated heterocycles. The van der Waals surface area contributed by atoms with E-state index in [2.05, 4.69) is 10.7 Å². The first-order valence-electron chi connectivity index (χ1n) is 8.57. The third-order valence-electron chi connectivity index (χ3n) is 4.14. The van der Waals surface area contributed by atoms with Crippen LogP contribution in [0.15, 0.2) is 76.9 Å².